The Balaban J connectivity index is 1.57. The number of halogens is 1. The number of nitrogens with zero attached hydrogens (tertiary/aromatic N) is 4. The van der Waals surface area contributed by atoms with Crippen molar-refractivity contribution in [1.29, 1.82) is 0 Å². The van der Waals surface area contributed by atoms with Gasteiger partial charge in [0.1, 0.15) is 0 Å². The SMILES string of the molecule is CCOC(=O)N1CCN2c3cc(Cl)ccc3CC3(C(=O)N(c4ccccc4)C(=O)N(c4ccccc4)C3=O)C2C1. The molecule has 0 N–H and O–H groups in total. The predicted octanol–water partition coefficient (Wildman–Crippen LogP) is 4.73. The first kappa shape index (κ1) is 25.9. The molecule has 1 atom stereocenters. The average Bonchev–Trinajstić information content (AvgIpc) is 2.97. The molecule has 0 bridgehead atoms. The molecule has 0 radical (unpaired) electrons. The topological polar surface area (TPSA) is 90.5 Å². The number of piperazine rings is 1. The van der Waals surface area contributed by atoms with Gasteiger partial charge in [0.05, 0.1) is 24.0 Å². The van der Waals surface area contributed by atoms with Crippen molar-refractivity contribution < 1.29 is 23.9 Å². The van der Waals surface area contributed by atoms with Crippen LogP contribution in [0, 0.1) is 5.41 Å². The number of ether oxygens (including phenoxy) is 1. The average molecular weight is 559 g/mol. The van der Waals surface area contributed by atoms with Gasteiger partial charge in [-0.3, -0.25) is 9.59 Å². The van der Waals surface area contributed by atoms with Gasteiger partial charge >= 0.3 is 12.1 Å². The highest BCUT2D eigenvalue weighted by atomic mass is 35.5. The summed E-state index contributed by atoms with van der Waals surface area (Å²) in [5.41, 5.74) is 0.573. The minimum atomic E-state index is -1.72. The van der Waals surface area contributed by atoms with E-state index >= 15 is 0 Å². The van der Waals surface area contributed by atoms with Crippen molar-refractivity contribution >= 4 is 52.6 Å². The van der Waals surface area contributed by atoms with Gasteiger partial charge in [0.15, 0.2) is 5.41 Å². The molecule has 2 fully saturated rings. The molecule has 2 saturated heterocycles. The van der Waals surface area contributed by atoms with E-state index in [0.717, 1.165) is 21.1 Å². The molecule has 0 aliphatic carbocycles. The smallest absolute Gasteiger partial charge is 0.409 e. The number of urea groups is 1. The van der Waals surface area contributed by atoms with Crippen molar-refractivity contribution in [3.8, 4) is 0 Å². The summed E-state index contributed by atoms with van der Waals surface area (Å²) in [5, 5.41) is 0.523. The summed E-state index contributed by atoms with van der Waals surface area (Å²) in [7, 11) is 0. The van der Waals surface area contributed by atoms with Crippen molar-refractivity contribution in [1.82, 2.24) is 4.90 Å². The molecule has 3 aliphatic rings. The van der Waals surface area contributed by atoms with Crippen molar-refractivity contribution in [2.45, 2.75) is 19.4 Å². The molecule has 3 aromatic rings. The van der Waals surface area contributed by atoms with Gasteiger partial charge in [-0.2, -0.15) is 0 Å². The van der Waals surface area contributed by atoms with Gasteiger partial charge in [0, 0.05) is 30.3 Å². The van der Waals surface area contributed by atoms with Crippen molar-refractivity contribution in [2.24, 2.45) is 5.41 Å². The number of fused-ring (bicyclic) bond motifs is 4. The quantitative estimate of drug-likeness (QED) is 0.432. The summed E-state index contributed by atoms with van der Waals surface area (Å²) in [6.45, 7) is 2.67. The maximum atomic E-state index is 14.7. The van der Waals surface area contributed by atoms with E-state index in [9.17, 15) is 19.2 Å². The van der Waals surface area contributed by atoms with Crippen LogP contribution in [0.4, 0.5) is 26.7 Å². The molecule has 9 nitrogen and oxygen atoms in total. The lowest BCUT2D eigenvalue weighted by Crippen LogP contribution is -2.76. The molecule has 1 spiro atoms. The molecule has 6 rings (SSSR count). The van der Waals surface area contributed by atoms with E-state index in [1.807, 2.05) is 17.0 Å². The summed E-state index contributed by atoms with van der Waals surface area (Å²) in [6, 6.07) is 21.1. The monoisotopic (exact) mass is 558 g/mol. The molecule has 40 heavy (non-hydrogen) atoms. The predicted molar refractivity (Wildman–Crippen MR) is 151 cm³/mol. The van der Waals surface area contributed by atoms with Gasteiger partial charge in [0.25, 0.3) is 11.8 Å². The maximum Gasteiger partial charge on any atom is 0.409 e. The normalized spacial score (nSPS) is 19.9. The number of hydrogen-bond acceptors (Lipinski definition) is 6. The van der Waals surface area contributed by atoms with Crippen LogP contribution in [0.1, 0.15) is 12.5 Å². The van der Waals surface area contributed by atoms with Crippen LogP contribution in [0.2, 0.25) is 5.02 Å². The number of para-hydroxylation sites is 2. The molecule has 0 aromatic heterocycles. The minimum absolute atomic E-state index is 0.0367. The number of barbiturate groups is 1. The lowest BCUT2D eigenvalue weighted by molar-refractivity contribution is -0.143. The number of hydrogen-bond donors (Lipinski definition) is 0. The fraction of sp³-hybridized carbons (Fsp3) is 0.267. The Kier molecular flexibility index (Phi) is 6.46. The summed E-state index contributed by atoms with van der Waals surface area (Å²) < 4.78 is 5.28. The van der Waals surface area contributed by atoms with E-state index in [2.05, 4.69) is 0 Å². The zero-order valence-corrected chi connectivity index (χ0v) is 22.6. The zero-order valence-electron chi connectivity index (χ0n) is 21.8. The van der Waals surface area contributed by atoms with Crippen LogP contribution in [0.3, 0.4) is 0 Å². The molecule has 5 amide bonds. The third-order valence-corrected chi connectivity index (χ3v) is 8.12. The van der Waals surface area contributed by atoms with Crippen molar-refractivity contribution in [2.75, 3.05) is 40.9 Å². The fourth-order valence-electron chi connectivity index (χ4n) is 6.06. The summed E-state index contributed by atoms with van der Waals surface area (Å²) in [5.74, 6) is -1.25. The van der Waals surface area contributed by atoms with E-state index in [1.54, 1.807) is 73.7 Å². The van der Waals surface area contributed by atoms with Gasteiger partial charge in [0.2, 0.25) is 0 Å². The number of amides is 5. The van der Waals surface area contributed by atoms with Crippen LogP contribution in [-0.4, -0.2) is 61.1 Å². The number of carbonyl (C=O) groups excluding carboxylic acids is 4. The zero-order chi connectivity index (χ0) is 28.0. The lowest BCUT2D eigenvalue weighted by Gasteiger charge is -2.56. The number of rotatable bonds is 3. The molecule has 10 heteroatoms. The van der Waals surface area contributed by atoms with Crippen LogP contribution < -0.4 is 14.7 Å². The second-order valence-electron chi connectivity index (χ2n) is 10.0. The standard InChI is InChI=1S/C30H27ClN4O5/c1-2-40-29(39)32-15-16-33-24-17-21(31)14-13-20(24)18-30(25(33)19-32)26(36)34(22-9-5-3-6-10-22)28(38)35(27(30)37)23-11-7-4-8-12-23/h3-14,17,25H,2,15-16,18-19H2,1H3. The molecule has 204 valence electrons. The molecule has 0 saturated carbocycles. The molecular weight excluding hydrogens is 532 g/mol. The van der Waals surface area contributed by atoms with Crippen LogP contribution in [-0.2, 0) is 20.7 Å². The fourth-order valence-corrected chi connectivity index (χ4v) is 6.22. The van der Waals surface area contributed by atoms with Gasteiger partial charge in [-0.25, -0.2) is 19.4 Å². The van der Waals surface area contributed by atoms with E-state index in [4.69, 9.17) is 16.3 Å². The molecular formula is C30H27ClN4O5. The first-order valence-corrected chi connectivity index (χ1v) is 13.5. The third-order valence-electron chi connectivity index (χ3n) is 7.88. The Morgan fingerprint density at radius 2 is 1.50 bits per heavy atom. The Morgan fingerprint density at radius 3 is 2.08 bits per heavy atom. The second kappa shape index (κ2) is 9.98. The first-order valence-electron chi connectivity index (χ1n) is 13.2. The Hall–Kier alpha value is -4.37. The van der Waals surface area contributed by atoms with E-state index in [1.165, 1.54) is 4.90 Å². The third kappa shape index (κ3) is 3.92. The van der Waals surface area contributed by atoms with Crippen LogP contribution in [0.5, 0.6) is 0 Å². The molecule has 1 unspecified atom stereocenters. The number of anilines is 3. The van der Waals surface area contributed by atoms with Gasteiger partial charge in [-0.1, -0.05) is 54.1 Å². The summed E-state index contributed by atoms with van der Waals surface area (Å²) >= 11 is 6.38. The number of imide groups is 2. The van der Waals surface area contributed by atoms with E-state index in [0.29, 0.717) is 29.5 Å². The largest absolute Gasteiger partial charge is 0.450 e. The molecule has 3 heterocycles. The number of benzene rings is 3. The van der Waals surface area contributed by atoms with Crippen molar-refractivity contribution in [3.05, 3.63) is 89.4 Å². The van der Waals surface area contributed by atoms with Crippen LogP contribution >= 0.6 is 11.6 Å². The highest BCUT2D eigenvalue weighted by molar-refractivity contribution is 6.39. The van der Waals surface area contributed by atoms with E-state index < -0.39 is 35.4 Å². The van der Waals surface area contributed by atoms with Gasteiger partial charge in [-0.15, -0.1) is 0 Å². The lowest BCUT2D eigenvalue weighted by atomic mass is 9.67. The Labute approximate surface area is 236 Å². The first-order chi connectivity index (χ1) is 19.4. The van der Waals surface area contributed by atoms with E-state index in [-0.39, 0.29) is 19.6 Å². The molecule has 3 aromatic carbocycles. The summed E-state index contributed by atoms with van der Waals surface area (Å²) in [4.78, 5) is 61.9. The highest BCUT2D eigenvalue weighted by Gasteiger charge is 2.66. The maximum absolute atomic E-state index is 14.7. The Morgan fingerprint density at radius 1 is 0.900 bits per heavy atom. The second-order valence-corrected chi connectivity index (χ2v) is 10.4. The number of carbonyl (C=O) groups is 4. The minimum Gasteiger partial charge on any atom is -0.450 e. The van der Waals surface area contributed by atoms with Gasteiger partial charge < -0.3 is 14.5 Å². The molecule has 3 aliphatic heterocycles. The van der Waals surface area contributed by atoms with Gasteiger partial charge in [-0.05, 0) is 55.3 Å². The summed E-state index contributed by atoms with van der Waals surface area (Å²) in [6.07, 6.45) is -0.476. The van der Waals surface area contributed by atoms with Crippen LogP contribution in [0.25, 0.3) is 0 Å². The highest BCUT2D eigenvalue weighted by Crippen LogP contribution is 2.49. The van der Waals surface area contributed by atoms with Crippen LogP contribution in [0.15, 0.2) is 78.9 Å². The van der Waals surface area contributed by atoms with Crippen molar-refractivity contribution in [3.63, 3.8) is 0 Å². The Bertz CT molecular complexity index is 1440.